The van der Waals surface area contributed by atoms with Gasteiger partial charge in [-0.05, 0) is 31.2 Å². The summed E-state index contributed by atoms with van der Waals surface area (Å²) >= 11 is 1.51. The lowest BCUT2D eigenvalue weighted by molar-refractivity contribution is -0.115. The number of carbonyl (C=O) groups excluding carboxylic acids is 1. The molecular formula is C23H28N6OS. The van der Waals surface area contributed by atoms with E-state index in [0.29, 0.717) is 22.2 Å². The zero-order chi connectivity index (χ0) is 22.8. The fraction of sp³-hybridized carbons (Fsp3) is 0.391. The second-order valence-corrected chi connectivity index (χ2v) is 10.2. The van der Waals surface area contributed by atoms with Gasteiger partial charge in [-0.1, -0.05) is 45.0 Å². The fourth-order valence-electron chi connectivity index (χ4n) is 3.25. The Morgan fingerprint density at radius 2 is 1.97 bits per heavy atom. The minimum atomic E-state index is -0.115. The lowest BCUT2D eigenvalue weighted by Gasteiger charge is -2.15. The Labute approximate surface area is 186 Å². The number of amides is 1. The third-order valence-electron chi connectivity index (χ3n) is 4.64. The summed E-state index contributed by atoms with van der Waals surface area (Å²) in [6, 6.07) is 9.66. The van der Waals surface area contributed by atoms with Gasteiger partial charge in [-0.25, -0.2) is 9.67 Å². The third-order valence-corrected chi connectivity index (χ3v) is 5.56. The predicted molar refractivity (Wildman–Crippen MR) is 125 cm³/mol. The number of carbonyl (C=O) groups is 1. The van der Waals surface area contributed by atoms with E-state index in [2.05, 4.69) is 42.2 Å². The quantitative estimate of drug-likeness (QED) is 0.576. The van der Waals surface area contributed by atoms with Gasteiger partial charge in [0.15, 0.2) is 5.13 Å². The maximum atomic E-state index is 12.4. The van der Waals surface area contributed by atoms with Crippen molar-refractivity contribution >= 4 is 28.2 Å². The van der Waals surface area contributed by atoms with Crippen LogP contribution < -0.4 is 11.1 Å². The number of hydrogen-bond donors (Lipinski definition) is 2. The number of nitrogens with one attached hydrogen (secondary N) is 1. The van der Waals surface area contributed by atoms with Gasteiger partial charge in [0.1, 0.15) is 23.1 Å². The van der Waals surface area contributed by atoms with Crippen LogP contribution in [0.2, 0.25) is 0 Å². The van der Waals surface area contributed by atoms with Crippen molar-refractivity contribution in [3.05, 3.63) is 46.5 Å². The number of rotatable bonds is 6. The average molecular weight is 437 g/mol. The lowest BCUT2D eigenvalue weighted by atomic mass is 9.92. The van der Waals surface area contributed by atoms with Crippen molar-refractivity contribution in [2.24, 2.45) is 5.41 Å². The smallest absolute Gasteiger partial charge is 0.230 e. The Kier molecular flexibility index (Phi) is 6.46. The summed E-state index contributed by atoms with van der Waals surface area (Å²) in [5.41, 5.74) is 8.83. The molecule has 0 radical (unpaired) electrons. The Morgan fingerprint density at radius 1 is 1.29 bits per heavy atom. The van der Waals surface area contributed by atoms with Gasteiger partial charge in [-0.15, -0.1) is 11.3 Å². The van der Waals surface area contributed by atoms with Crippen molar-refractivity contribution in [2.75, 3.05) is 11.1 Å². The minimum absolute atomic E-state index is 0.0543. The topological polar surface area (TPSA) is 110 Å². The average Bonchev–Trinajstić information content (AvgIpc) is 3.24. The summed E-state index contributed by atoms with van der Waals surface area (Å²) in [6.45, 7) is 10.5. The standard InChI is InChI=1S/C23H28N6OS/c1-14(2)29-21(25)18(12-24)20(28-29)16-8-6-15(7-9-16)10-19(30)27-22-26-13-17(31-22)11-23(3,4)5/h6-9,13-14H,10-11,25H2,1-5H3,(H,26,27,30). The van der Waals surface area contributed by atoms with E-state index in [1.165, 1.54) is 11.3 Å². The minimum Gasteiger partial charge on any atom is -0.383 e. The first-order valence-corrected chi connectivity index (χ1v) is 11.0. The number of nitrogens with zero attached hydrogens (tertiary/aromatic N) is 4. The maximum Gasteiger partial charge on any atom is 0.230 e. The van der Waals surface area contributed by atoms with E-state index >= 15 is 0 Å². The molecule has 0 aliphatic heterocycles. The van der Waals surface area contributed by atoms with Crippen LogP contribution in [0, 0.1) is 16.7 Å². The van der Waals surface area contributed by atoms with Crippen molar-refractivity contribution < 1.29 is 4.79 Å². The molecule has 0 bridgehead atoms. The van der Waals surface area contributed by atoms with Gasteiger partial charge >= 0.3 is 0 Å². The number of thiazole rings is 1. The molecule has 1 amide bonds. The second kappa shape index (κ2) is 8.90. The Bertz CT molecular complexity index is 1110. The molecule has 0 saturated heterocycles. The van der Waals surface area contributed by atoms with E-state index in [1.807, 2.05) is 44.3 Å². The SMILES string of the molecule is CC(C)n1nc(-c2ccc(CC(=O)Nc3ncc(CC(C)(C)C)s3)cc2)c(C#N)c1N. The summed E-state index contributed by atoms with van der Waals surface area (Å²) in [6.07, 6.45) is 2.99. The van der Waals surface area contributed by atoms with Gasteiger partial charge in [0, 0.05) is 22.7 Å². The molecule has 31 heavy (non-hydrogen) atoms. The number of nitriles is 1. The largest absolute Gasteiger partial charge is 0.383 e. The van der Waals surface area contributed by atoms with Crippen LogP contribution in [0.3, 0.4) is 0 Å². The van der Waals surface area contributed by atoms with Crippen molar-refractivity contribution in [2.45, 2.75) is 53.5 Å². The molecular weight excluding hydrogens is 408 g/mol. The molecule has 2 heterocycles. The van der Waals surface area contributed by atoms with Crippen LogP contribution in [-0.2, 0) is 17.6 Å². The van der Waals surface area contributed by atoms with Gasteiger partial charge in [0.05, 0.1) is 6.42 Å². The highest BCUT2D eigenvalue weighted by Gasteiger charge is 2.19. The first-order chi connectivity index (χ1) is 14.6. The molecule has 0 saturated carbocycles. The van der Waals surface area contributed by atoms with Gasteiger partial charge < -0.3 is 11.1 Å². The predicted octanol–water partition coefficient (Wildman–Crippen LogP) is 4.81. The van der Waals surface area contributed by atoms with Gasteiger partial charge in [-0.3, -0.25) is 4.79 Å². The van der Waals surface area contributed by atoms with Crippen LogP contribution in [0.5, 0.6) is 0 Å². The molecule has 0 spiro atoms. The first kappa shape index (κ1) is 22.5. The molecule has 1 aromatic carbocycles. The summed E-state index contributed by atoms with van der Waals surface area (Å²) in [5, 5.41) is 17.5. The molecule has 2 aromatic heterocycles. The molecule has 162 valence electrons. The van der Waals surface area contributed by atoms with Gasteiger partial charge in [-0.2, -0.15) is 10.4 Å². The zero-order valence-corrected chi connectivity index (χ0v) is 19.4. The first-order valence-electron chi connectivity index (χ1n) is 10.2. The van der Waals surface area contributed by atoms with Crippen LogP contribution in [0.1, 0.15) is 56.7 Å². The van der Waals surface area contributed by atoms with Gasteiger partial charge in [0.25, 0.3) is 0 Å². The number of aromatic nitrogens is 3. The Hall–Kier alpha value is -3.18. The fourth-order valence-corrected chi connectivity index (χ4v) is 4.38. The third kappa shape index (κ3) is 5.50. The Balaban J connectivity index is 1.68. The second-order valence-electron chi connectivity index (χ2n) is 9.05. The number of nitrogens with two attached hydrogens (primary N) is 1. The molecule has 0 unspecified atom stereocenters. The molecule has 3 rings (SSSR count). The lowest BCUT2D eigenvalue weighted by Crippen LogP contribution is -2.14. The zero-order valence-electron chi connectivity index (χ0n) is 18.6. The summed E-state index contributed by atoms with van der Waals surface area (Å²) < 4.78 is 1.65. The van der Waals surface area contributed by atoms with E-state index in [-0.39, 0.29) is 23.8 Å². The number of nitrogen functional groups attached to an aromatic ring is 1. The molecule has 0 aliphatic carbocycles. The van der Waals surface area contributed by atoms with E-state index in [4.69, 9.17) is 5.73 Å². The van der Waals surface area contributed by atoms with Crippen LogP contribution >= 0.6 is 11.3 Å². The Morgan fingerprint density at radius 3 is 2.55 bits per heavy atom. The van der Waals surface area contributed by atoms with Crippen molar-refractivity contribution in [1.29, 1.82) is 5.26 Å². The highest BCUT2D eigenvalue weighted by atomic mass is 32.1. The van der Waals surface area contributed by atoms with E-state index < -0.39 is 0 Å². The highest BCUT2D eigenvalue weighted by molar-refractivity contribution is 7.15. The summed E-state index contributed by atoms with van der Waals surface area (Å²) in [5.74, 6) is 0.251. The molecule has 0 fully saturated rings. The molecule has 0 aliphatic rings. The maximum absolute atomic E-state index is 12.4. The van der Waals surface area contributed by atoms with Crippen LogP contribution in [-0.4, -0.2) is 20.7 Å². The van der Waals surface area contributed by atoms with Crippen molar-refractivity contribution in [3.8, 4) is 17.3 Å². The monoisotopic (exact) mass is 436 g/mol. The van der Waals surface area contributed by atoms with E-state index in [0.717, 1.165) is 22.4 Å². The number of benzene rings is 1. The molecule has 7 nitrogen and oxygen atoms in total. The highest BCUT2D eigenvalue weighted by Crippen LogP contribution is 2.29. The summed E-state index contributed by atoms with van der Waals surface area (Å²) in [4.78, 5) is 17.9. The van der Waals surface area contributed by atoms with Crippen LogP contribution in [0.15, 0.2) is 30.5 Å². The number of hydrogen-bond acceptors (Lipinski definition) is 6. The van der Waals surface area contributed by atoms with E-state index in [1.54, 1.807) is 4.68 Å². The van der Waals surface area contributed by atoms with Crippen LogP contribution in [0.25, 0.3) is 11.3 Å². The summed E-state index contributed by atoms with van der Waals surface area (Å²) in [7, 11) is 0. The van der Waals surface area contributed by atoms with Crippen molar-refractivity contribution in [1.82, 2.24) is 14.8 Å². The van der Waals surface area contributed by atoms with Gasteiger partial charge in [0.2, 0.25) is 5.91 Å². The molecule has 3 N–H and O–H groups in total. The van der Waals surface area contributed by atoms with Crippen LogP contribution in [0.4, 0.5) is 10.9 Å². The molecule has 0 atom stereocenters. The molecule has 3 aromatic rings. The van der Waals surface area contributed by atoms with E-state index in [9.17, 15) is 10.1 Å². The normalized spacial score (nSPS) is 11.5. The van der Waals surface area contributed by atoms with Crippen molar-refractivity contribution in [3.63, 3.8) is 0 Å². The number of anilines is 2. The molecule has 8 heteroatoms.